The first-order chi connectivity index (χ1) is 10.1. The highest BCUT2D eigenvalue weighted by molar-refractivity contribution is 5.74. The fourth-order valence-corrected chi connectivity index (χ4v) is 2.69. The molecular formula is C15H22N2O4. The lowest BCUT2D eigenvalue weighted by Gasteiger charge is -2.34. The summed E-state index contributed by atoms with van der Waals surface area (Å²) in [5.74, 6) is 0.439. The van der Waals surface area contributed by atoms with Crippen molar-refractivity contribution < 1.29 is 19.1 Å². The van der Waals surface area contributed by atoms with Gasteiger partial charge in [0.05, 0.1) is 12.8 Å². The molecule has 0 saturated carbocycles. The molecule has 0 aliphatic carbocycles. The van der Waals surface area contributed by atoms with Crippen LogP contribution < -0.4 is 0 Å². The van der Waals surface area contributed by atoms with Crippen LogP contribution in [0.5, 0.6) is 0 Å². The fraction of sp³-hybridized carbons (Fsp3) is 0.600. The van der Waals surface area contributed by atoms with Gasteiger partial charge >= 0.3 is 12.0 Å². The molecule has 1 fully saturated rings. The molecule has 116 valence electrons. The van der Waals surface area contributed by atoms with Gasteiger partial charge in [-0.15, -0.1) is 0 Å². The molecule has 0 spiro atoms. The highest BCUT2D eigenvalue weighted by Gasteiger charge is 2.25. The van der Waals surface area contributed by atoms with Crippen LogP contribution in [0.4, 0.5) is 4.79 Å². The van der Waals surface area contributed by atoms with Gasteiger partial charge in [0.15, 0.2) is 0 Å². The van der Waals surface area contributed by atoms with Gasteiger partial charge in [0, 0.05) is 26.6 Å². The van der Waals surface area contributed by atoms with Crippen LogP contribution in [0.3, 0.4) is 0 Å². The van der Waals surface area contributed by atoms with Crippen molar-refractivity contribution in [3.63, 3.8) is 0 Å². The average molecular weight is 294 g/mol. The van der Waals surface area contributed by atoms with E-state index in [1.165, 1.54) is 0 Å². The number of piperidine rings is 1. The number of carbonyl (C=O) groups is 2. The predicted molar refractivity (Wildman–Crippen MR) is 76.7 cm³/mol. The van der Waals surface area contributed by atoms with Gasteiger partial charge < -0.3 is 19.3 Å². The number of urea groups is 1. The summed E-state index contributed by atoms with van der Waals surface area (Å²) in [6, 6.07) is 3.66. The Bertz CT molecular complexity index is 464. The summed E-state index contributed by atoms with van der Waals surface area (Å²) >= 11 is 0. The SMILES string of the molecule is CN(Cc1ccco1)C(=O)N1CCC(CCC(=O)O)CC1. The van der Waals surface area contributed by atoms with Gasteiger partial charge in [-0.1, -0.05) is 0 Å². The van der Waals surface area contributed by atoms with E-state index >= 15 is 0 Å². The van der Waals surface area contributed by atoms with E-state index in [9.17, 15) is 9.59 Å². The first-order valence-electron chi connectivity index (χ1n) is 7.30. The monoisotopic (exact) mass is 294 g/mol. The Morgan fingerprint density at radius 3 is 2.71 bits per heavy atom. The van der Waals surface area contributed by atoms with Crippen LogP contribution in [0, 0.1) is 5.92 Å². The molecule has 0 unspecified atom stereocenters. The fourth-order valence-electron chi connectivity index (χ4n) is 2.69. The highest BCUT2D eigenvalue weighted by Crippen LogP contribution is 2.22. The number of aliphatic carboxylic acids is 1. The molecule has 1 aromatic heterocycles. The second-order valence-corrected chi connectivity index (χ2v) is 5.58. The van der Waals surface area contributed by atoms with Crippen molar-refractivity contribution in [2.24, 2.45) is 5.92 Å². The van der Waals surface area contributed by atoms with Gasteiger partial charge in [-0.05, 0) is 37.3 Å². The van der Waals surface area contributed by atoms with Crippen LogP contribution in [0.25, 0.3) is 0 Å². The Kier molecular flexibility index (Phi) is 5.25. The zero-order valence-electron chi connectivity index (χ0n) is 12.3. The summed E-state index contributed by atoms with van der Waals surface area (Å²) in [7, 11) is 1.77. The number of amides is 2. The van der Waals surface area contributed by atoms with Crippen LogP contribution >= 0.6 is 0 Å². The largest absolute Gasteiger partial charge is 0.481 e. The minimum Gasteiger partial charge on any atom is -0.481 e. The molecule has 6 heteroatoms. The van der Waals surface area contributed by atoms with Crippen molar-refractivity contribution >= 4 is 12.0 Å². The summed E-state index contributed by atoms with van der Waals surface area (Å²) in [4.78, 5) is 26.4. The molecule has 0 bridgehead atoms. The molecule has 2 rings (SSSR count). The summed E-state index contributed by atoms with van der Waals surface area (Å²) in [5, 5.41) is 8.70. The van der Waals surface area contributed by atoms with Crippen molar-refractivity contribution in [2.45, 2.75) is 32.2 Å². The van der Waals surface area contributed by atoms with Crippen molar-refractivity contribution in [1.29, 1.82) is 0 Å². The van der Waals surface area contributed by atoms with Gasteiger partial charge in [0.2, 0.25) is 0 Å². The minimum absolute atomic E-state index is 0.00286. The zero-order chi connectivity index (χ0) is 15.2. The van der Waals surface area contributed by atoms with Crippen LogP contribution in [0.1, 0.15) is 31.4 Å². The number of likely N-dealkylation sites (tertiary alicyclic amines) is 1. The number of carboxylic acids is 1. The second-order valence-electron chi connectivity index (χ2n) is 5.58. The predicted octanol–water partition coefficient (Wildman–Crippen LogP) is 2.41. The number of furan rings is 1. The summed E-state index contributed by atoms with van der Waals surface area (Å²) in [6.07, 6.45) is 4.29. The first kappa shape index (κ1) is 15.4. The quantitative estimate of drug-likeness (QED) is 0.905. The lowest BCUT2D eigenvalue weighted by Crippen LogP contribution is -2.45. The Hall–Kier alpha value is -1.98. The topological polar surface area (TPSA) is 74.0 Å². The number of hydrogen-bond donors (Lipinski definition) is 1. The number of carbonyl (C=O) groups excluding carboxylic acids is 1. The third kappa shape index (κ3) is 4.51. The number of rotatable bonds is 5. The normalized spacial score (nSPS) is 16.0. The molecule has 1 saturated heterocycles. The van der Waals surface area contributed by atoms with Gasteiger partial charge in [-0.2, -0.15) is 0 Å². The Labute approximate surface area is 124 Å². The van der Waals surface area contributed by atoms with Crippen molar-refractivity contribution in [3.8, 4) is 0 Å². The van der Waals surface area contributed by atoms with Crippen LogP contribution in [0.2, 0.25) is 0 Å². The molecule has 1 aliphatic heterocycles. The first-order valence-corrected chi connectivity index (χ1v) is 7.30. The van der Waals surface area contributed by atoms with E-state index in [2.05, 4.69) is 0 Å². The van der Waals surface area contributed by atoms with E-state index in [1.807, 2.05) is 17.0 Å². The van der Waals surface area contributed by atoms with Gasteiger partial charge in [-0.25, -0.2) is 4.79 Å². The van der Waals surface area contributed by atoms with Crippen LogP contribution in [0.15, 0.2) is 22.8 Å². The Balaban J connectivity index is 1.76. The number of hydrogen-bond acceptors (Lipinski definition) is 3. The van der Waals surface area contributed by atoms with E-state index in [1.54, 1.807) is 18.2 Å². The molecule has 1 N–H and O–H groups in total. The Morgan fingerprint density at radius 1 is 1.43 bits per heavy atom. The van der Waals surface area contributed by atoms with Crippen molar-refractivity contribution in [2.75, 3.05) is 20.1 Å². The van der Waals surface area contributed by atoms with Gasteiger partial charge in [0.1, 0.15) is 5.76 Å². The summed E-state index contributed by atoms with van der Waals surface area (Å²) < 4.78 is 5.25. The standard InChI is InChI=1S/C15H22N2O4/c1-16(11-13-3-2-10-21-13)15(20)17-8-6-12(7-9-17)4-5-14(18)19/h2-3,10,12H,4-9,11H2,1H3,(H,18,19). The highest BCUT2D eigenvalue weighted by atomic mass is 16.4. The molecule has 0 radical (unpaired) electrons. The van der Waals surface area contributed by atoms with Crippen LogP contribution in [-0.2, 0) is 11.3 Å². The molecular weight excluding hydrogens is 272 g/mol. The van der Waals surface area contributed by atoms with Gasteiger partial charge in [0.25, 0.3) is 0 Å². The molecule has 0 atom stereocenters. The zero-order valence-corrected chi connectivity index (χ0v) is 12.3. The average Bonchev–Trinajstić information content (AvgIpc) is 2.97. The third-order valence-corrected chi connectivity index (χ3v) is 3.95. The van der Waals surface area contributed by atoms with Gasteiger partial charge in [-0.3, -0.25) is 4.79 Å². The molecule has 2 heterocycles. The van der Waals surface area contributed by atoms with Crippen molar-refractivity contribution in [3.05, 3.63) is 24.2 Å². The second kappa shape index (κ2) is 7.15. The van der Waals surface area contributed by atoms with Crippen LogP contribution in [-0.4, -0.2) is 47.0 Å². The van der Waals surface area contributed by atoms with Crippen molar-refractivity contribution in [1.82, 2.24) is 9.80 Å². The van der Waals surface area contributed by atoms with E-state index in [-0.39, 0.29) is 12.5 Å². The molecule has 2 amide bonds. The van der Waals surface area contributed by atoms with E-state index < -0.39 is 5.97 Å². The minimum atomic E-state index is -0.744. The molecule has 1 aromatic rings. The maximum Gasteiger partial charge on any atom is 0.320 e. The number of nitrogens with zero attached hydrogens (tertiary/aromatic N) is 2. The van der Waals surface area contributed by atoms with E-state index in [4.69, 9.17) is 9.52 Å². The Morgan fingerprint density at radius 2 is 2.14 bits per heavy atom. The van der Waals surface area contributed by atoms with E-state index in [0.717, 1.165) is 18.6 Å². The van der Waals surface area contributed by atoms with E-state index in [0.29, 0.717) is 32.0 Å². The molecule has 0 aromatic carbocycles. The maximum atomic E-state index is 12.3. The lowest BCUT2D eigenvalue weighted by molar-refractivity contribution is -0.137. The maximum absolute atomic E-state index is 12.3. The number of carboxylic acid groups (broad SMARTS) is 1. The third-order valence-electron chi connectivity index (χ3n) is 3.95. The summed E-state index contributed by atoms with van der Waals surface area (Å²) in [5.41, 5.74) is 0. The molecule has 21 heavy (non-hydrogen) atoms. The smallest absolute Gasteiger partial charge is 0.320 e. The molecule has 6 nitrogen and oxygen atoms in total. The lowest BCUT2D eigenvalue weighted by atomic mass is 9.92. The summed E-state index contributed by atoms with van der Waals surface area (Å²) in [6.45, 7) is 1.86. The molecule has 1 aliphatic rings.